The van der Waals surface area contributed by atoms with E-state index in [1.165, 1.54) is 10.6 Å². The number of benzene rings is 2. The number of nitrogens with one attached hydrogen (secondary N) is 2. The monoisotopic (exact) mass is 432 g/mol. The summed E-state index contributed by atoms with van der Waals surface area (Å²) in [4.78, 5) is 14.5. The molecule has 1 saturated heterocycles. The van der Waals surface area contributed by atoms with Crippen molar-refractivity contribution in [2.24, 2.45) is 0 Å². The van der Waals surface area contributed by atoms with E-state index in [-0.39, 0.29) is 11.0 Å². The van der Waals surface area contributed by atoms with Gasteiger partial charge in [0.1, 0.15) is 0 Å². The summed E-state index contributed by atoms with van der Waals surface area (Å²) in [6.45, 7) is 3.94. The molecule has 2 aromatic carbocycles. The lowest BCUT2D eigenvalue weighted by Crippen LogP contribution is -2.48. The number of hydrogen-bond acceptors (Lipinski definition) is 5. The van der Waals surface area contributed by atoms with Gasteiger partial charge in [0, 0.05) is 31.7 Å². The topological polar surface area (TPSA) is 81.8 Å². The van der Waals surface area contributed by atoms with E-state index >= 15 is 0 Å². The number of hydrogen-bond donors (Lipinski definition) is 2. The number of piperazine rings is 1. The number of carbonyl (C=O) groups is 1. The minimum Gasteiger partial charge on any atom is -0.367 e. The first-order valence-electron chi connectivity index (χ1n) is 9.22. The average molecular weight is 433 g/mol. The van der Waals surface area contributed by atoms with Crippen molar-refractivity contribution < 1.29 is 13.2 Å². The van der Waals surface area contributed by atoms with Crippen molar-refractivity contribution >= 4 is 44.6 Å². The lowest BCUT2D eigenvalue weighted by molar-refractivity contribution is 0.0977. The van der Waals surface area contributed by atoms with Gasteiger partial charge in [0.2, 0.25) is 10.0 Å². The molecule has 29 heavy (non-hydrogen) atoms. The Morgan fingerprint density at radius 3 is 2.38 bits per heavy atom. The highest BCUT2D eigenvalue weighted by atomic mass is 32.2. The van der Waals surface area contributed by atoms with Crippen LogP contribution < -0.4 is 15.5 Å². The number of amides is 1. The van der Waals surface area contributed by atoms with Crippen LogP contribution in [-0.4, -0.2) is 56.2 Å². The molecule has 1 fully saturated rings. The molecular formula is C20H24N4O3S2. The Morgan fingerprint density at radius 1 is 1.03 bits per heavy atom. The lowest BCUT2D eigenvalue weighted by Gasteiger charge is -2.35. The molecule has 2 aromatic rings. The molecule has 1 amide bonds. The van der Waals surface area contributed by atoms with Crippen LogP contribution in [0, 0.1) is 6.92 Å². The maximum Gasteiger partial charge on any atom is 0.257 e. The second-order valence-corrected chi connectivity index (χ2v) is 9.33. The van der Waals surface area contributed by atoms with Crippen LogP contribution in [0.1, 0.15) is 15.9 Å². The van der Waals surface area contributed by atoms with Crippen LogP contribution in [0.25, 0.3) is 0 Å². The Bertz CT molecular complexity index is 1020. The van der Waals surface area contributed by atoms with Gasteiger partial charge in [-0.3, -0.25) is 10.1 Å². The lowest BCUT2D eigenvalue weighted by atomic mass is 10.1. The molecule has 0 radical (unpaired) electrons. The summed E-state index contributed by atoms with van der Waals surface area (Å²) >= 11 is 5.32. The van der Waals surface area contributed by atoms with Gasteiger partial charge in [-0.15, -0.1) is 0 Å². The van der Waals surface area contributed by atoms with Crippen molar-refractivity contribution in [3.05, 3.63) is 59.7 Å². The second-order valence-electron chi connectivity index (χ2n) is 6.94. The van der Waals surface area contributed by atoms with Gasteiger partial charge < -0.3 is 10.2 Å². The van der Waals surface area contributed by atoms with Gasteiger partial charge in [-0.25, -0.2) is 8.42 Å². The Balaban J connectivity index is 1.66. The molecule has 0 unspecified atom stereocenters. The quantitative estimate of drug-likeness (QED) is 0.721. The second kappa shape index (κ2) is 8.89. The van der Waals surface area contributed by atoms with Gasteiger partial charge in [0.15, 0.2) is 5.11 Å². The Hall–Kier alpha value is -2.49. The first-order chi connectivity index (χ1) is 13.7. The maximum absolute atomic E-state index is 12.4. The highest BCUT2D eigenvalue weighted by Crippen LogP contribution is 2.27. The molecule has 154 valence electrons. The molecule has 0 aromatic heterocycles. The van der Waals surface area contributed by atoms with Crippen LogP contribution in [0.4, 0.5) is 11.4 Å². The number of para-hydroxylation sites is 2. The third kappa shape index (κ3) is 5.53. The fourth-order valence-electron chi connectivity index (χ4n) is 3.23. The number of rotatable bonds is 4. The number of carbonyl (C=O) groups excluding carboxylic acids is 1. The van der Waals surface area contributed by atoms with Crippen LogP contribution in [0.3, 0.4) is 0 Å². The minimum absolute atomic E-state index is 0.207. The van der Waals surface area contributed by atoms with Crippen LogP contribution in [0.2, 0.25) is 0 Å². The van der Waals surface area contributed by atoms with E-state index in [1.807, 2.05) is 43.3 Å². The van der Waals surface area contributed by atoms with Crippen molar-refractivity contribution in [1.82, 2.24) is 9.62 Å². The zero-order valence-electron chi connectivity index (χ0n) is 16.4. The van der Waals surface area contributed by atoms with E-state index in [4.69, 9.17) is 12.2 Å². The predicted octanol–water partition coefficient (Wildman–Crippen LogP) is 2.20. The summed E-state index contributed by atoms with van der Waals surface area (Å²) in [5, 5.41) is 6.00. The van der Waals surface area contributed by atoms with Crippen molar-refractivity contribution in [2.45, 2.75) is 6.92 Å². The normalized spacial score (nSPS) is 15.0. The highest BCUT2D eigenvalue weighted by Gasteiger charge is 2.24. The third-order valence-corrected chi connectivity index (χ3v) is 6.22. The molecule has 9 heteroatoms. The molecule has 0 aliphatic carbocycles. The summed E-state index contributed by atoms with van der Waals surface area (Å²) in [5.41, 5.74) is 3.21. The first-order valence-corrected chi connectivity index (χ1v) is 11.5. The molecule has 2 N–H and O–H groups in total. The Kier molecular flexibility index (Phi) is 6.51. The molecule has 0 bridgehead atoms. The van der Waals surface area contributed by atoms with Crippen LogP contribution >= 0.6 is 12.2 Å². The fraction of sp³-hybridized carbons (Fsp3) is 0.300. The van der Waals surface area contributed by atoms with Gasteiger partial charge in [0.25, 0.3) is 5.91 Å². The van der Waals surface area contributed by atoms with E-state index in [0.717, 1.165) is 16.9 Å². The van der Waals surface area contributed by atoms with E-state index < -0.39 is 10.0 Å². The van der Waals surface area contributed by atoms with Gasteiger partial charge in [0.05, 0.1) is 17.6 Å². The number of sulfonamides is 1. The van der Waals surface area contributed by atoms with E-state index in [9.17, 15) is 13.2 Å². The van der Waals surface area contributed by atoms with Crippen molar-refractivity contribution in [2.75, 3.05) is 42.7 Å². The molecule has 1 heterocycles. The largest absolute Gasteiger partial charge is 0.367 e. The Labute approximate surface area is 176 Å². The molecule has 0 saturated carbocycles. The average Bonchev–Trinajstić information content (AvgIpc) is 2.68. The SMILES string of the molecule is Cc1cccc(C(=O)NC(=S)Nc2ccccc2N2CCN(S(C)(=O)=O)CC2)c1. The van der Waals surface area contributed by atoms with E-state index in [0.29, 0.717) is 31.7 Å². The smallest absolute Gasteiger partial charge is 0.257 e. The standard InChI is InChI=1S/C20H24N4O3S2/c1-15-6-5-7-16(14-15)19(25)22-20(28)21-17-8-3-4-9-18(17)23-10-12-24(13-11-23)29(2,26)27/h3-9,14H,10-13H2,1-2H3,(H2,21,22,25,28). The van der Waals surface area contributed by atoms with Crippen molar-refractivity contribution in [3.63, 3.8) is 0 Å². The van der Waals surface area contributed by atoms with Crippen LogP contribution in [0.15, 0.2) is 48.5 Å². The van der Waals surface area contributed by atoms with E-state index in [1.54, 1.807) is 12.1 Å². The van der Waals surface area contributed by atoms with Gasteiger partial charge in [-0.2, -0.15) is 4.31 Å². The summed E-state index contributed by atoms with van der Waals surface area (Å²) in [6, 6.07) is 14.9. The fourth-order valence-corrected chi connectivity index (χ4v) is 4.26. The number of anilines is 2. The molecule has 3 rings (SSSR count). The number of thiocarbonyl (C=S) groups is 1. The predicted molar refractivity (Wildman–Crippen MR) is 120 cm³/mol. The summed E-state index contributed by atoms with van der Waals surface area (Å²) in [7, 11) is -3.18. The molecule has 1 aliphatic heterocycles. The molecule has 0 atom stereocenters. The van der Waals surface area contributed by atoms with Gasteiger partial charge >= 0.3 is 0 Å². The summed E-state index contributed by atoms with van der Waals surface area (Å²) in [5.74, 6) is -0.273. The van der Waals surface area contributed by atoms with Gasteiger partial charge in [-0.1, -0.05) is 29.8 Å². The molecule has 7 nitrogen and oxygen atoms in total. The minimum atomic E-state index is -3.18. The molecular weight excluding hydrogens is 408 g/mol. The Morgan fingerprint density at radius 2 is 1.72 bits per heavy atom. The summed E-state index contributed by atoms with van der Waals surface area (Å²) in [6.07, 6.45) is 1.23. The van der Waals surface area contributed by atoms with Gasteiger partial charge in [-0.05, 0) is 43.4 Å². The highest BCUT2D eigenvalue weighted by molar-refractivity contribution is 7.88. The maximum atomic E-state index is 12.4. The van der Waals surface area contributed by atoms with Crippen LogP contribution in [0.5, 0.6) is 0 Å². The zero-order valence-corrected chi connectivity index (χ0v) is 18.0. The molecule has 1 aliphatic rings. The number of aryl methyl sites for hydroxylation is 1. The molecule has 0 spiro atoms. The van der Waals surface area contributed by atoms with Crippen molar-refractivity contribution in [1.29, 1.82) is 0 Å². The first kappa shape index (κ1) is 21.2. The number of nitrogens with zero attached hydrogens (tertiary/aromatic N) is 2. The van der Waals surface area contributed by atoms with E-state index in [2.05, 4.69) is 15.5 Å². The third-order valence-electron chi connectivity index (χ3n) is 4.71. The zero-order chi connectivity index (χ0) is 21.0. The van der Waals surface area contributed by atoms with Crippen LogP contribution in [-0.2, 0) is 10.0 Å². The van der Waals surface area contributed by atoms with Crippen molar-refractivity contribution in [3.8, 4) is 0 Å². The summed E-state index contributed by atoms with van der Waals surface area (Å²) < 4.78 is 24.9.